The number of hydrogen-bond acceptors (Lipinski definition) is 1. The fraction of sp³-hybridized carbons (Fsp3) is 0.217. The third-order valence-corrected chi connectivity index (χ3v) is 4.99. The summed E-state index contributed by atoms with van der Waals surface area (Å²) in [7, 11) is 0. The minimum absolute atomic E-state index is 0.331. The number of benzene rings is 3. The van der Waals surface area contributed by atoms with Crippen LogP contribution in [0.15, 0.2) is 72.8 Å². The molecule has 0 aromatic heterocycles. The lowest BCUT2D eigenvalue weighted by molar-refractivity contribution is 0.249. The van der Waals surface area contributed by atoms with E-state index in [2.05, 4.69) is 86.6 Å². The van der Waals surface area contributed by atoms with E-state index in [1.807, 2.05) is 0 Å². The first-order valence-corrected chi connectivity index (χ1v) is 8.57. The van der Waals surface area contributed by atoms with Crippen molar-refractivity contribution in [3.63, 3.8) is 0 Å². The minimum atomic E-state index is 0.331. The van der Waals surface area contributed by atoms with Crippen molar-refractivity contribution in [3.8, 4) is 5.75 Å². The van der Waals surface area contributed by atoms with Gasteiger partial charge >= 0.3 is 0 Å². The van der Waals surface area contributed by atoms with Gasteiger partial charge in [-0.05, 0) is 36.6 Å². The summed E-state index contributed by atoms with van der Waals surface area (Å²) in [5.74, 6) is 1.70. The summed E-state index contributed by atoms with van der Waals surface area (Å²) in [6, 6.07) is 26.3. The SMILES string of the molecule is Cc1ccc([C@@H]2c3ccc(C)cc3OC[C@@H]2c2ccccc2)cc1. The fourth-order valence-electron chi connectivity index (χ4n) is 3.69. The van der Waals surface area contributed by atoms with Crippen LogP contribution in [0.5, 0.6) is 5.75 Å². The molecule has 2 atom stereocenters. The van der Waals surface area contributed by atoms with Crippen LogP contribution in [0.2, 0.25) is 0 Å². The maximum Gasteiger partial charge on any atom is 0.123 e. The van der Waals surface area contributed by atoms with Gasteiger partial charge in [0, 0.05) is 17.4 Å². The summed E-state index contributed by atoms with van der Waals surface area (Å²) in [6.07, 6.45) is 0. The molecule has 0 fully saturated rings. The number of fused-ring (bicyclic) bond motifs is 1. The molecule has 3 aromatic carbocycles. The highest BCUT2D eigenvalue weighted by Crippen LogP contribution is 2.46. The lowest BCUT2D eigenvalue weighted by atomic mass is 9.75. The van der Waals surface area contributed by atoms with Gasteiger partial charge in [0.25, 0.3) is 0 Å². The molecular formula is C23H22O. The Kier molecular flexibility index (Phi) is 3.86. The number of aryl methyl sites for hydroxylation is 2. The van der Waals surface area contributed by atoms with Gasteiger partial charge in [-0.15, -0.1) is 0 Å². The zero-order valence-electron chi connectivity index (χ0n) is 14.2. The Hall–Kier alpha value is -2.54. The molecule has 0 aliphatic carbocycles. The van der Waals surface area contributed by atoms with E-state index >= 15 is 0 Å². The smallest absolute Gasteiger partial charge is 0.123 e. The molecule has 24 heavy (non-hydrogen) atoms. The first-order valence-electron chi connectivity index (χ1n) is 8.57. The van der Waals surface area contributed by atoms with Crippen LogP contribution < -0.4 is 4.74 Å². The third kappa shape index (κ3) is 2.71. The average Bonchev–Trinajstić information content (AvgIpc) is 2.62. The molecule has 1 heteroatoms. The first-order chi connectivity index (χ1) is 11.7. The molecule has 1 aliphatic rings. The second kappa shape index (κ2) is 6.16. The zero-order chi connectivity index (χ0) is 16.5. The Morgan fingerprint density at radius 2 is 1.46 bits per heavy atom. The highest BCUT2D eigenvalue weighted by atomic mass is 16.5. The topological polar surface area (TPSA) is 9.23 Å². The molecule has 0 bridgehead atoms. The maximum absolute atomic E-state index is 6.15. The van der Waals surface area contributed by atoms with E-state index in [0.717, 1.165) is 12.4 Å². The second-order valence-corrected chi connectivity index (χ2v) is 6.76. The van der Waals surface area contributed by atoms with Gasteiger partial charge in [-0.3, -0.25) is 0 Å². The highest BCUT2D eigenvalue weighted by Gasteiger charge is 2.33. The van der Waals surface area contributed by atoms with Crippen LogP contribution >= 0.6 is 0 Å². The molecular weight excluding hydrogens is 292 g/mol. The molecule has 0 radical (unpaired) electrons. The summed E-state index contributed by atoms with van der Waals surface area (Å²) in [4.78, 5) is 0. The predicted molar refractivity (Wildman–Crippen MR) is 98.9 cm³/mol. The molecule has 1 heterocycles. The van der Waals surface area contributed by atoms with Crippen LogP contribution in [0.4, 0.5) is 0 Å². The van der Waals surface area contributed by atoms with Gasteiger partial charge in [0.15, 0.2) is 0 Å². The molecule has 0 amide bonds. The zero-order valence-corrected chi connectivity index (χ0v) is 14.2. The molecule has 0 saturated carbocycles. The van der Waals surface area contributed by atoms with E-state index in [0.29, 0.717) is 11.8 Å². The van der Waals surface area contributed by atoms with Crippen LogP contribution in [0.1, 0.15) is 39.7 Å². The van der Waals surface area contributed by atoms with E-state index < -0.39 is 0 Å². The Balaban J connectivity index is 1.86. The van der Waals surface area contributed by atoms with Crippen molar-refractivity contribution in [2.24, 2.45) is 0 Å². The van der Waals surface area contributed by atoms with Crippen molar-refractivity contribution in [1.29, 1.82) is 0 Å². The summed E-state index contributed by atoms with van der Waals surface area (Å²) < 4.78 is 6.15. The average molecular weight is 314 g/mol. The lowest BCUT2D eigenvalue weighted by Gasteiger charge is -2.34. The van der Waals surface area contributed by atoms with E-state index in [1.165, 1.54) is 27.8 Å². The van der Waals surface area contributed by atoms with Crippen LogP contribution in [0.25, 0.3) is 0 Å². The summed E-state index contributed by atoms with van der Waals surface area (Å²) in [5, 5.41) is 0. The molecule has 4 rings (SSSR count). The molecule has 0 N–H and O–H groups in total. The number of rotatable bonds is 2. The van der Waals surface area contributed by atoms with Gasteiger partial charge in [0.1, 0.15) is 5.75 Å². The van der Waals surface area contributed by atoms with Crippen LogP contribution in [0, 0.1) is 13.8 Å². The Bertz CT molecular complexity index is 834. The summed E-state index contributed by atoms with van der Waals surface area (Å²) >= 11 is 0. The molecule has 1 nitrogen and oxygen atoms in total. The quantitative estimate of drug-likeness (QED) is 0.597. The van der Waals surface area contributed by atoms with Gasteiger partial charge < -0.3 is 4.74 Å². The molecule has 0 saturated heterocycles. The third-order valence-electron chi connectivity index (χ3n) is 4.99. The predicted octanol–water partition coefficient (Wildman–Crippen LogP) is 5.61. The second-order valence-electron chi connectivity index (χ2n) is 6.76. The van der Waals surface area contributed by atoms with E-state index in [1.54, 1.807) is 0 Å². The van der Waals surface area contributed by atoms with Gasteiger partial charge in [-0.1, -0.05) is 72.3 Å². The van der Waals surface area contributed by atoms with Gasteiger partial charge in [0.05, 0.1) is 6.61 Å². The monoisotopic (exact) mass is 314 g/mol. The molecule has 3 aromatic rings. The Labute approximate surface area is 143 Å². The first kappa shape index (κ1) is 15.0. The van der Waals surface area contributed by atoms with Crippen LogP contribution in [-0.2, 0) is 0 Å². The van der Waals surface area contributed by atoms with Gasteiger partial charge in [-0.25, -0.2) is 0 Å². The van der Waals surface area contributed by atoms with Gasteiger partial charge in [0.2, 0.25) is 0 Å². The Morgan fingerprint density at radius 3 is 2.21 bits per heavy atom. The highest BCUT2D eigenvalue weighted by molar-refractivity contribution is 5.49. The standard InChI is InChI=1S/C23H22O/c1-16-8-11-19(12-9-16)23-20-13-10-17(2)14-22(20)24-15-21(23)18-6-4-3-5-7-18/h3-14,21,23H,15H2,1-2H3/t21-,23-/m1/s1. The van der Waals surface area contributed by atoms with Crippen molar-refractivity contribution in [2.45, 2.75) is 25.7 Å². The van der Waals surface area contributed by atoms with E-state index in [4.69, 9.17) is 4.74 Å². The van der Waals surface area contributed by atoms with Crippen LogP contribution in [0.3, 0.4) is 0 Å². The lowest BCUT2D eigenvalue weighted by Crippen LogP contribution is -2.25. The van der Waals surface area contributed by atoms with Gasteiger partial charge in [-0.2, -0.15) is 0 Å². The fourth-order valence-corrected chi connectivity index (χ4v) is 3.69. The summed E-state index contributed by atoms with van der Waals surface area (Å²) in [6.45, 7) is 4.98. The molecule has 0 unspecified atom stereocenters. The van der Waals surface area contributed by atoms with Crippen molar-refractivity contribution in [1.82, 2.24) is 0 Å². The molecule has 1 aliphatic heterocycles. The Morgan fingerprint density at radius 1 is 0.750 bits per heavy atom. The van der Waals surface area contributed by atoms with Crippen molar-refractivity contribution in [2.75, 3.05) is 6.61 Å². The maximum atomic E-state index is 6.15. The number of hydrogen-bond donors (Lipinski definition) is 0. The normalized spacial score (nSPS) is 19.4. The minimum Gasteiger partial charge on any atom is -0.493 e. The molecule has 120 valence electrons. The van der Waals surface area contributed by atoms with Crippen LogP contribution in [-0.4, -0.2) is 6.61 Å². The molecule has 0 spiro atoms. The van der Waals surface area contributed by atoms with Crippen molar-refractivity contribution >= 4 is 0 Å². The summed E-state index contributed by atoms with van der Waals surface area (Å²) in [5.41, 5.74) is 6.54. The largest absolute Gasteiger partial charge is 0.493 e. The number of ether oxygens (including phenoxy) is 1. The van der Waals surface area contributed by atoms with Crippen molar-refractivity contribution < 1.29 is 4.74 Å². The van der Waals surface area contributed by atoms with E-state index in [-0.39, 0.29) is 0 Å². The van der Waals surface area contributed by atoms with Crippen molar-refractivity contribution in [3.05, 3.63) is 101 Å². The van der Waals surface area contributed by atoms with E-state index in [9.17, 15) is 0 Å².